The molecular formula is C14H18N2O3. The van der Waals surface area contributed by atoms with Gasteiger partial charge in [-0.1, -0.05) is 12.1 Å². The molecule has 1 saturated carbocycles. The molecule has 5 nitrogen and oxygen atoms in total. The fourth-order valence-electron chi connectivity index (χ4n) is 2.75. The first-order chi connectivity index (χ1) is 9.24. The Morgan fingerprint density at radius 2 is 2.21 bits per heavy atom. The number of nitrogens with one attached hydrogen (secondary N) is 1. The van der Waals surface area contributed by atoms with Crippen LogP contribution in [0.1, 0.15) is 24.8 Å². The van der Waals surface area contributed by atoms with Crippen molar-refractivity contribution in [3.8, 4) is 0 Å². The van der Waals surface area contributed by atoms with Crippen LogP contribution in [0.3, 0.4) is 0 Å². The largest absolute Gasteiger partial charge is 0.376 e. The van der Waals surface area contributed by atoms with Gasteiger partial charge in [0.15, 0.2) is 0 Å². The summed E-state index contributed by atoms with van der Waals surface area (Å²) < 4.78 is 5.77. The lowest BCUT2D eigenvalue weighted by Gasteiger charge is -2.19. The fourth-order valence-corrected chi connectivity index (χ4v) is 2.75. The van der Waals surface area contributed by atoms with Crippen LogP contribution in [0.2, 0.25) is 0 Å². The Labute approximate surface area is 112 Å². The second-order valence-electron chi connectivity index (χ2n) is 5.38. The van der Waals surface area contributed by atoms with Gasteiger partial charge in [-0.2, -0.15) is 0 Å². The molecule has 2 atom stereocenters. The summed E-state index contributed by atoms with van der Waals surface area (Å²) in [6.45, 7) is 1.49. The number of hydrogen-bond acceptors (Lipinski definition) is 4. The quantitative estimate of drug-likeness (QED) is 0.653. The number of nitrogens with zero attached hydrogens (tertiary/aromatic N) is 1. The van der Waals surface area contributed by atoms with Crippen molar-refractivity contribution in [2.75, 3.05) is 6.61 Å². The monoisotopic (exact) mass is 262 g/mol. The Morgan fingerprint density at radius 3 is 2.95 bits per heavy atom. The Bertz CT molecular complexity index is 474. The highest BCUT2D eigenvalue weighted by Crippen LogP contribution is 2.38. The molecule has 2 unspecified atom stereocenters. The zero-order valence-corrected chi connectivity index (χ0v) is 10.7. The summed E-state index contributed by atoms with van der Waals surface area (Å²) in [5, 5.41) is 14.2. The van der Waals surface area contributed by atoms with Gasteiger partial charge in [-0.25, -0.2) is 0 Å². The smallest absolute Gasteiger partial charge is 0.269 e. The molecule has 0 radical (unpaired) electrons. The number of non-ortho nitro benzene ring substituents is 1. The maximum absolute atomic E-state index is 10.7. The summed E-state index contributed by atoms with van der Waals surface area (Å²) in [6.07, 6.45) is 3.94. The maximum atomic E-state index is 10.7. The van der Waals surface area contributed by atoms with Crippen LogP contribution < -0.4 is 5.32 Å². The van der Waals surface area contributed by atoms with Crippen LogP contribution in [0.5, 0.6) is 0 Å². The van der Waals surface area contributed by atoms with Gasteiger partial charge >= 0.3 is 0 Å². The number of benzene rings is 1. The molecule has 1 saturated heterocycles. The van der Waals surface area contributed by atoms with Gasteiger partial charge < -0.3 is 10.1 Å². The SMILES string of the molecule is O=[N+]([O-])c1cccc(CNC2CCOC2C2CC2)c1. The molecule has 2 aliphatic rings. The summed E-state index contributed by atoms with van der Waals surface area (Å²) in [5.41, 5.74) is 1.11. The second-order valence-corrected chi connectivity index (χ2v) is 5.38. The maximum Gasteiger partial charge on any atom is 0.269 e. The molecule has 1 aliphatic carbocycles. The summed E-state index contributed by atoms with van der Waals surface area (Å²) in [6, 6.07) is 7.21. The highest BCUT2D eigenvalue weighted by Gasteiger charge is 2.40. The lowest BCUT2D eigenvalue weighted by atomic mass is 10.1. The van der Waals surface area contributed by atoms with Crippen LogP contribution in [-0.2, 0) is 11.3 Å². The average Bonchev–Trinajstić information content (AvgIpc) is 3.16. The Kier molecular flexibility index (Phi) is 3.48. The van der Waals surface area contributed by atoms with Crippen molar-refractivity contribution in [1.82, 2.24) is 5.32 Å². The molecule has 1 aromatic carbocycles. The van der Waals surface area contributed by atoms with Crippen molar-refractivity contribution in [2.24, 2.45) is 5.92 Å². The molecule has 0 bridgehead atoms. The van der Waals surface area contributed by atoms with Crippen LogP contribution in [0.4, 0.5) is 5.69 Å². The van der Waals surface area contributed by atoms with Gasteiger partial charge in [0, 0.05) is 31.3 Å². The third-order valence-corrected chi connectivity index (χ3v) is 3.91. The lowest BCUT2D eigenvalue weighted by molar-refractivity contribution is -0.384. The summed E-state index contributed by atoms with van der Waals surface area (Å²) in [4.78, 5) is 10.4. The van der Waals surface area contributed by atoms with E-state index in [2.05, 4.69) is 5.32 Å². The van der Waals surface area contributed by atoms with Crippen molar-refractivity contribution < 1.29 is 9.66 Å². The molecule has 1 N–H and O–H groups in total. The Hall–Kier alpha value is -1.46. The van der Waals surface area contributed by atoms with Crippen LogP contribution in [0, 0.1) is 16.0 Å². The van der Waals surface area contributed by atoms with Gasteiger partial charge in [0.25, 0.3) is 5.69 Å². The average molecular weight is 262 g/mol. The predicted octanol–water partition coefficient (Wildman–Crippen LogP) is 2.25. The van der Waals surface area contributed by atoms with E-state index in [0.717, 1.165) is 24.5 Å². The molecule has 0 spiro atoms. The van der Waals surface area contributed by atoms with E-state index in [-0.39, 0.29) is 10.6 Å². The van der Waals surface area contributed by atoms with Crippen LogP contribution >= 0.6 is 0 Å². The number of hydrogen-bond donors (Lipinski definition) is 1. The highest BCUT2D eigenvalue weighted by atomic mass is 16.6. The van der Waals surface area contributed by atoms with E-state index in [9.17, 15) is 10.1 Å². The molecule has 19 heavy (non-hydrogen) atoms. The van der Waals surface area contributed by atoms with Crippen molar-refractivity contribution in [1.29, 1.82) is 0 Å². The second kappa shape index (κ2) is 5.27. The first kappa shape index (κ1) is 12.6. The van der Waals surface area contributed by atoms with Crippen molar-refractivity contribution in [3.63, 3.8) is 0 Å². The van der Waals surface area contributed by atoms with Crippen LogP contribution in [0.25, 0.3) is 0 Å². The molecule has 1 heterocycles. The molecule has 1 aromatic rings. The number of ether oxygens (including phenoxy) is 1. The zero-order valence-electron chi connectivity index (χ0n) is 10.7. The van der Waals surface area contributed by atoms with E-state index in [1.165, 1.54) is 18.9 Å². The predicted molar refractivity (Wildman–Crippen MR) is 70.8 cm³/mol. The summed E-state index contributed by atoms with van der Waals surface area (Å²) in [5.74, 6) is 0.727. The number of nitro benzene ring substituents is 1. The molecule has 1 aliphatic heterocycles. The fraction of sp³-hybridized carbons (Fsp3) is 0.571. The number of nitro groups is 1. The van der Waals surface area contributed by atoms with E-state index in [1.807, 2.05) is 6.07 Å². The Morgan fingerprint density at radius 1 is 1.37 bits per heavy atom. The van der Waals surface area contributed by atoms with Gasteiger partial charge in [-0.15, -0.1) is 0 Å². The molecule has 2 fully saturated rings. The lowest BCUT2D eigenvalue weighted by Crippen LogP contribution is -2.37. The van der Waals surface area contributed by atoms with Crippen molar-refractivity contribution in [3.05, 3.63) is 39.9 Å². The van der Waals surface area contributed by atoms with E-state index < -0.39 is 0 Å². The van der Waals surface area contributed by atoms with Gasteiger partial charge in [-0.05, 0) is 30.7 Å². The highest BCUT2D eigenvalue weighted by molar-refractivity contribution is 5.34. The van der Waals surface area contributed by atoms with Gasteiger partial charge in [0.1, 0.15) is 0 Å². The number of rotatable bonds is 5. The third kappa shape index (κ3) is 2.93. The van der Waals surface area contributed by atoms with E-state index >= 15 is 0 Å². The standard InChI is InChI=1S/C14H18N2O3/c17-16(18)12-3-1-2-10(8-12)9-15-13-6-7-19-14(13)11-4-5-11/h1-3,8,11,13-15H,4-7,9H2. The molecular weight excluding hydrogens is 244 g/mol. The third-order valence-electron chi connectivity index (χ3n) is 3.91. The van der Waals surface area contributed by atoms with Gasteiger partial charge in [-0.3, -0.25) is 10.1 Å². The Balaban J connectivity index is 1.59. The van der Waals surface area contributed by atoms with Crippen LogP contribution in [0.15, 0.2) is 24.3 Å². The van der Waals surface area contributed by atoms with Crippen molar-refractivity contribution >= 4 is 5.69 Å². The van der Waals surface area contributed by atoms with E-state index in [0.29, 0.717) is 18.7 Å². The summed E-state index contributed by atoms with van der Waals surface area (Å²) >= 11 is 0. The van der Waals surface area contributed by atoms with Crippen molar-refractivity contribution in [2.45, 2.75) is 38.0 Å². The first-order valence-corrected chi connectivity index (χ1v) is 6.82. The topological polar surface area (TPSA) is 64.4 Å². The van der Waals surface area contributed by atoms with Crippen LogP contribution in [-0.4, -0.2) is 23.7 Å². The molecule has 102 valence electrons. The molecule has 3 rings (SSSR count). The van der Waals surface area contributed by atoms with E-state index in [4.69, 9.17) is 4.74 Å². The molecule has 0 amide bonds. The van der Waals surface area contributed by atoms with Gasteiger partial charge in [0.05, 0.1) is 11.0 Å². The zero-order chi connectivity index (χ0) is 13.2. The normalized spacial score (nSPS) is 26.5. The minimum Gasteiger partial charge on any atom is -0.376 e. The molecule has 5 heteroatoms. The minimum absolute atomic E-state index is 0.153. The summed E-state index contributed by atoms with van der Waals surface area (Å²) in [7, 11) is 0. The van der Waals surface area contributed by atoms with Gasteiger partial charge in [0.2, 0.25) is 0 Å². The first-order valence-electron chi connectivity index (χ1n) is 6.82. The molecule has 0 aromatic heterocycles. The van der Waals surface area contributed by atoms with E-state index in [1.54, 1.807) is 12.1 Å². The minimum atomic E-state index is -0.352.